The van der Waals surface area contributed by atoms with Crippen LogP contribution in [0.2, 0.25) is 0 Å². The van der Waals surface area contributed by atoms with Crippen LogP contribution in [0.5, 0.6) is 0 Å². The lowest BCUT2D eigenvalue weighted by atomic mass is 9.96. The van der Waals surface area contributed by atoms with E-state index in [9.17, 15) is 9.59 Å². The number of benzene rings is 1. The second-order valence-electron chi connectivity index (χ2n) is 6.24. The summed E-state index contributed by atoms with van der Waals surface area (Å²) in [6.45, 7) is 2.03. The fourth-order valence-corrected chi connectivity index (χ4v) is 2.98. The van der Waals surface area contributed by atoms with Gasteiger partial charge in [0, 0.05) is 24.7 Å². The van der Waals surface area contributed by atoms with Crippen molar-refractivity contribution in [1.29, 1.82) is 0 Å². The second kappa shape index (κ2) is 6.43. The minimum Gasteiger partial charge on any atom is -0.366 e. The number of pyridine rings is 1. The van der Waals surface area contributed by atoms with Gasteiger partial charge in [0.1, 0.15) is 5.69 Å². The summed E-state index contributed by atoms with van der Waals surface area (Å²) in [5, 5.41) is 2.62. The summed E-state index contributed by atoms with van der Waals surface area (Å²) in [5.74, 6) is -0.568. The molecule has 3 N–H and O–H groups in total. The van der Waals surface area contributed by atoms with E-state index in [0.717, 1.165) is 24.0 Å². The van der Waals surface area contributed by atoms with Crippen LogP contribution in [0.3, 0.4) is 0 Å². The van der Waals surface area contributed by atoms with Crippen LogP contribution in [0.1, 0.15) is 62.0 Å². The van der Waals surface area contributed by atoms with Crippen LogP contribution >= 0.6 is 0 Å². The first-order valence-electron chi connectivity index (χ1n) is 8.11. The highest BCUT2D eigenvalue weighted by Crippen LogP contribution is 2.43. The summed E-state index contributed by atoms with van der Waals surface area (Å²) in [7, 11) is 1.57. The number of aryl methyl sites for hydroxylation is 1. The molecule has 5 nitrogen and oxygen atoms in total. The van der Waals surface area contributed by atoms with Gasteiger partial charge in [-0.3, -0.25) is 9.59 Å². The molecule has 1 heterocycles. The highest BCUT2D eigenvalue weighted by molar-refractivity contribution is 6.01. The van der Waals surface area contributed by atoms with Gasteiger partial charge in [-0.05, 0) is 48.4 Å². The third-order valence-corrected chi connectivity index (χ3v) is 4.44. The van der Waals surface area contributed by atoms with Crippen molar-refractivity contribution in [2.24, 2.45) is 5.73 Å². The highest BCUT2D eigenvalue weighted by Gasteiger charge is 2.33. The number of nitrogens with zero attached hydrogens (tertiary/aromatic N) is 1. The molecule has 1 aromatic carbocycles. The molecule has 0 unspecified atom stereocenters. The number of hydrogen-bond acceptors (Lipinski definition) is 3. The molecule has 0 aliphatic heterocycles. The van der Waals surface area contributed by atoms with Crippen LogP contribution in [0.25, 0.3) is 0 Å². The predicted molar refractivity (Wildman–Crippen MR) is 92.1 cm³/mol. The van der Waals surface area contributed by atoms with Crippen molar-refractivity contribution >= 4 is 11.8 Å². The molecular formula is C19H21N3O2. The molecule has 1 fully saturated rings. The van der Waals surface area contributed by atoms with Crippen molar-refractivity contribution in [2.75, 3.05) is 7.05 Å². The van der Waals surface area contributed by atoms with Crippen LogP contribution in [0, 0.1) is 6.92 Å². The summed E-state index contributed by atoms with van der Waals surface area (Å²) in [6.07, 6.45) is 2.48. The van der Waals surface area contributed by atoms with E-state index in [-0.39, 0.29) is 11.8 Å². The lowest BCUT2D eigenvalue weighted by molar-refractivity contribution is 0.0957. The minimum absolute atomic E-state index is 0.208. The van der Waals surface area contributed by atoms with Crippen molar-refractivity contribution in [3.63, 3.8) is 0 Å². The van der Waals surface area contributed by atoms with Crippen LogP contribution < -0.4 is 11.1 Å². The minimum atomic E-state index is -0.504. The van der Waals surface area contributed by atoms with Gasteiger partial charge < -0.3 is 11.1 Å². The number of carbonyl (C=O) groups is 2. The molecule has 0 saturated heterocycles. The summed E-state index contributed by atoms with van der Waals surface area (Å²) >= 11 is 0. The fraction of sp³-hybridized carbons (Fsp3) is 0.316. The average molecular weight is 323 g/mol. The number of primary amides is 1. The maximum absolute atomic E-state index is 12.3. The van der Waals surface area contributed by atoms with Crippen LogP contribution in [0.4, 0.5) is 0 Å². The summed E-state index contributed by atoms with van der Waals surface area (Å²) in [5.41, 5.74) is 9.99. The molecule has 1 aromatic heterocycles. The van der Waals surface area contributed by atoms with Gasteiger partial charge in [0.2, 0.25) is 5.91 Å². The van der Waals surface area contributed by atoms with E-state index in [1.165, 1.54) is 0 Å². The molecule has 0 radical (unpaired) electrons. The van der Waals surface area contributed by atoms with Gasteiger partial charge in [-0.2, -0.15) is 0 Å². The third kappa shape index (κ3) is 3.15. The second-order valence-corrected chi connectivity index (χ2v) is 6.24. The number of hydrogen-bond donors (Lipinski definition) is 2. The van der Waals surface area contributed by atoms with E-state index in [0.29, 0.717) is 28.9 Å². The standard InChI is InChI=1S/C19H21N3O2/c1-11-5-3-4-6-13(11)9-14-10-15(18(20)23)16(12-7-8-12)17(22-14)19(24)21-2/h3-6,10,12H,7-9H2,1-2H3,(H2,20,23)(H,21,24). The Morgan fingerprint density at radius 1 is 1.29 bits per heavy atom. The topological polar surface area (TPSA) is 85.1 Å². The Balaban J connectivity index is 2.10. The van der Waals surface area contributed by atoms with Crippen LogP contribution in [-0.4, -0.2) is 23.8 Å². The average Bonchev–Trinajstić information content (AvgIpc) is 3.40. The van der Waals surface area contributed by atoms with Gasteiger partial charge in [0.25, 0.3) is 5.91 Å². The van der Waals surface area contributed by atoms with Crippen LogP contribution in [0.15, 0.2) is 30.3 Å². The fourth-order valence-electron chi connectivity index (χ4n) is 2.98. The maximum atomic E-state index is 12.3. The molecule has 0 bridgehead atoms. The van der Waals surface area contributed by atoms with E-state index in [4.69, 9.17) is 5.73 Å². The van der Waals surface area contributed by atoms with Gasteiger partial charge in [-0.1, -0.05) is 24.3 Å². The molecule has 0 spiro atoms. The van der Waals surface area contributed by atoms with E-state index in [1.54, 1.807) is 13.1 Å². The molecule has 1 aliphatic carbocycles. The third-order valence-electron chi connectivity index (χ3n) is 4.44. The molecule has 1 saturated carbocycles. The number of carbonyl (C=O) groups excluding carboxylic acids is 2. The van der Waals surface area contributed by atoms with Gasteiger partial charge in [-0.15, -0.1) is 0 Å². The summed E-state index contributed by atoms with van der Waals surface area (Å²) < 4.78 is 0. The Morgan fingerprint density at radius 2 is 2.00 bits per heavy atom. The van der Waals surface area contributed by atoms with Gasteiger partial charge in [0.15, 0.2) is 0 Å². The van der Waals surface area contributed by atoms with E-state index >= 15 is 0 Å². The van der Waals surface area contributed by atoms with Crippen molar-refractivity contribution in [3.05, 3.63) is 64.0 Å². The largest absolute Gasteiger partial charge is 0.366 e. The number of rotatable bonds is 5. The first kappa shape index (κ1) is 16.2. The quantitative estimate of drug-likeness (QED) is 0.885. The Labute approximate surface area is 141 Å². The number of amides is 2. The SMILES string of the molecule is CNC(=O)c1nc(Cc2ccccc2C)cc(C(N)=O)c1C1CC1. The molecule has 3 rings (SSSR count). The predicted octanol–water partition coefficient (Wildman–Crippen LogP) is 2.32. The molecular weight excluding hydrogens is 302 g/mol. The number of aromatic nitrogens is 1. The lowest BCUT2D eigenvalue weighted by Gasteiger charge is -2.14. The summed E-state index contributed by atoms with van der Waals surface area (Å²) in [4.78, 5) is 28.8. The Hall–Kier alpha value is -2.69. The normalized spacial score (nSPS) is 13.6. The zero-order valence-electron chi connectivity index (χ0n) is 13.9. The van der Waals surface area contributed by atoms with Crippen molar-refractivity contribution in [1.82, 2.24) is 10.3 Å². The number of nitrogens with one attached hydrogen (secondary N) is 1. The monoisotopic (exact) mass is 323 g/mol. The van der Waals surface area contributed by atoms with Gasteiger partial charge in [-0.25, -0.2) is 4.98 Å². The molecule has 2 aromatic rings. The maximum Gasteiger partial charge on any atom is 0.269 e. The molecule has 5 heteroatoms. The first-order chi connectivity index (χ1) is 11.5. The van der Waals surface area contributed by atoms with Crippen LogP contribution in [-0.2, 0) is 6.42 Å². The van der Waals surface area contributed by atoms with E-state index < -0.39 is 5.91 Å². The Kier molecular flexibility index (Phi) is 4.34. The van der Waals surface area contributed by atoms with Crippen molar-refractivity contribution in [2.45, 2.75) is 32.1 Å². The number of nitrogens with two attached hydrogens (primary N) is 1. The smallest absolute Gasteiger partial charge is 0.269 e. The molecule has 2 amide bonds. The molecule has 24 heavy (non-hydrogen) atoms. The van der Waals surface area contributed by atoms with Gasteiger partial charge >= 0.3 is 0 Å². The Bertz CT molecular complexity index is 810. The molecule has 124 valence electrons. The molecule has 1 aliphatic rings. The zero-order chi connectivity index (χ0) is 17.3. The van der Waals surface area contributed by atoms with Crippen molar-refractivity contribution < 1.29 is 9.59 Å². The van der Waals surface area contributed by atoms with Crippen molar-refractivity contribution in [3.8, 4) is 0 Å². The first-order valence-corrected chi connectivity index (χ1v) is 8.11. The summed E-state index contributed by atoms with van der Waals surface area (Å²) in [6, 6.07) is 9.75. The Morgan fingerprint density at radius 3 is 2.58 bits per heavy atom. The van der Waals surface area contributed by atoms with Gasteiger partial charge in [0.05, 0.1) is 0 Å². The highest BCUT2D eigenvalue weighted by atomic mass is 16.2. The molecule has 0 atom stereocenters. The lowest BCUT2D eigenvalue weighted by Crippen LogP contribution is -2.25. The van der Waals surface area contributed by atoms with E-state index in [2.05, 4.69) is 10.3 Å². The van der Waals surface area contributed by atoms with E-state index in [1.807, 2.05) is 31.2 Å². The zero-order valence-corrected chi connectivity index (χ0v) is 13.9.